The molecule has 0 spiro atoms. The molecule has 0 radical (unpaired) electrons. The average Bonchev–Trinajstić information content (AvgIpc) is 2.18. The number of methoxy groups -OCH3 is 1. The Morgan fingerprint density at radius 3 is 2.46 bits per heavy atom. The van der Waals surface area contributed by atoms with E-state index in [9.17, 15) is 0 Å². The molecule has 0 atom stereocenters. The molecular formula is C10H12ClNO. The van der Waals surface area contributed by atoms with E-state index in [-0.39, 0.29) is 0 Å². The summed E-state index contributed by atoms with van der Waals surface area (Å²) in [5.74, 6) is 0.824. The van der Waals surface area contributed by atoms with Crippen molar-refractivity contribution in [1.82, 2.24) is 0 Å². The molecule has 0 N–H and O–H groups in total. The molecule has 0 unspecified atom stereocenters. The van der Waals surface area contributed by atoms with Crippen LogP contribution in [-0.2, 0) is 0 Å². The summed E-state index contributed by atoms with van der Waals surface area (Å²) in [6.45, 7) is 2.65. The van der Waals surface area contributed by atoms with Gasteiger partial charge >= 0.3 is 0 Å². The highest BCUT2D eigenvalue weighted by molar-refractivity contribution is 6.69. The van der Waals surface area contributed by atoms with Crippen LogP contribution in [0.2, 0.25) is 0 Å². The Labute approximate surface area is 83.2 Å². The Morgan fingerprint density at radius 1 is 1.38 bits per heavy atom. The Hall–Kier alpha value is -1.02. The van der Waals surface area contributed by atoms with Gasteiger partial charge in [0, 0.05) is 12.1 Å². The van der Waals surface area contributed by atoms with Crippen molar-refractivity contribution in [2.75, 3.05) is 13.7 Å². The Kier molecular flexibility index (Phi) is 3.77. The maximum absolute atomic E-state index is 5.91. The van der Waals surface area contributed by atoms with E-state index in [1.54, 1.807) is 7.11 Å². The molecule has 2 nitrogen and oxygen atoms in total. The van der Waals surface area contributed by atoms with E-state index >= 15 is 0 Å². The lowest BCUT2D eigenvalue weighted by atomic mass is 10.2. The first-order chi connectivity index (χ1) is 6.27. The van der Waals surface area contributed by atoms with Crippen LogP contribution in [0.15, 0.2) is 29.3 Å². The Bertz CT molecular complexity index is 292. The molecule has 0 amide bonds. The lowest BCUT2D eigenvalue weighted by Crippen LogP contribution is -1.92. The number of nitrogens with zero attached hydrogens (tertiary/aromatic N) is 1. The van der Waals surface area contributed by atoms with Gasteiger partial charge in [-0.3, -0.25) is 4.99 Å². The fourth-order valence-electron chi connectivity index (χ4n) is 0.959. The van der Waals surface area contributed by atoms with Gasteiger partial charge in [-0.1, -0.05) is 11.6 Å². The van der Waals surface area contributed by atoms with Crippen molar-refractivity contribution in [1.29, 1.82) is 0 Å². The van der Waals surface area contributed by atoms with Crippen molar-refractivity contribution in [3.8, 4) is 5.75 Å². The smallest absolute Gasteiger partial charge is 0.130 e. The highest BCUT2D eigenvalue weighted by Crippen LogP contribution is 2.13. The second kappa shape index (κ2) is 4.87. The summed E-state index contributed by atoms with van der Waals surface area (Å²) >= 11 is 5.91. The molecule has 13 heavy (non-hydrogen) atoms. The van der Waals surface area contributed by atoms with Crippen molar-refractivity contribution in [3.05, 3.63) is 29.8 Å². The molecule has 0 aliphatic rings. The van der Waals surface area contributed by atoms with Crippen molar-refractivity contribution in [3.63, 3.8) is 0 Å². The second-order valence-corrected chi connectivity index (χ2v) is 2.85. The second-order valence-electron chi connectivity index (χ2n) is 2.49. The molecule has 0 aliphatic carbocycles. The fraction of sp³-hybridized carbons (Fsp3) is 0.300. The molecule has 0 aliphatic heterocycles. The topological polar surface area (TPSA) is 21.6 Å². The average molecular weight is 198 g/mol. The predicted octanol–water partition coefficient (Wildman–Crippen LogP) is 2.70. The van der Waals surface area contributed by atoms with Gasteiger partial charge in [-0.15, -0.1) is 0 Å². The summed E-state index contributed by atoms with van der Waals surface area (Å²) in [5.41, 5.74) is 0.921. The first-order valence-corrected chi connectivity index (χ1v) is 4.50. The number of aliphatic imine (C=N–C) groups is 1. The van der Waals surface area contributed by atoms with Crippen LogP contribution in [0.1, 0.15) is 12.5 Å². The Balaban J connectivity index is 2.85. The molecule has 1 rings (SSSR count). The van der Waals surface area contributed by atoms with Gasteiger partial charge in [0.05, 0.1) is 7.11 Å². The monoisotopic (exact) mass is 197 g/mol. The molecule has 1 aromatic carbocycles. The van der Waals surface area contributed by atoms with Gasteiger partial charge in [0.15, 0.2) is 0 Å². The van der Waals surface area contributed by atoms with Gasteiger partial charge in [-0.2, -0.15) is 0 Å². The maximum atomic E-state index is 5.91. The molecule has 0 aromatic heterocycles. The van der Waals surface area contributed by atoms with Crippen molar-refractivity contribution in [2.45, 2.75) is 6.92 Å². The third-order valence-electron chi connectivity index (χ3n) is 1.63. The van der Waals surface area contributed by atoms with Crippen LogP contribution >= 0.6 is 11.6 Å². The van der Waals surface area contributed by atoms with Crippen LogP contribution in [0, 0.1) is 0 Å². The fourth-order valence-corrected chi connectivity index (χ4v) is 1.20. The first kappa shape index (κ1) is 10.1. The molecule has 0 fully saturated rings. The SMILES string of the molecule is CCN=C(Cl)c1ccc(OC)cc1. The molecule has 70 valence electrons. The summed E-state index contributed by atoms with van der Waals surface area (Å²) in [6, 6.07) is 7.51. The minimum absolute atomic E-state index is 0.546. The van der Waals surface area contributed by atoms with Crippen LogP contribution in [-0.4, -0.2) is 18.8 Å². The van der Waals surface area contributed by atoms with Crippen LogP contribution in [0.25, 0.3) is 0 Å². The van der Waals surface area contributed by atoms with Crippen molar-refractivity contribution < 1.29 is 4.74 Å². The number of benzene rings is 1. The summed E-state index contributed by atoms with van der Waals surface area (Å²) in [5, 5.41) is 0.546. The van der Waals surface area contributed by atoms with E-state index in [0.29, 0.717) is 11.7 Å². The molecule has 0 saturated heterocycles. The van der Waals surface area contributed by atoms with Crippen molar-refractivity contribution in [2.24, 2.45) is 4.99 Å². The highest BCUT2D eigenvalue weighted by Gasteiger charge is 1.98. The molecular weight excluding hydrogens is 186 g/mol. The number of ether oxygens (including phenoxy) is 1. The summed E-state index contributed by atoms with van der Waals surface area (Å²) in [6.07, 6.45) is 0. The molecule has 0 bridgehead atoms. The number of halogens is 1. The van der Waals surface area contributed by atoms with Gasteiger partial charge in [-0.05, 0) is 31.2 Å². The summed E-state index contributed by atoms with van der Waals surface area (Å²) in [4.78, 5) is 4.09. The molecule has 3 heteroatoms. The zero-order valence-electron chi connectivity index (χ0n) is 7.75. The standard InChI is InChI=1S/C10H12ClNO/c1-3-12-10(11)8-4-6-9(13-2)7-5-8/h4-7H,3H2,1-2H3. The molecule has 0 heterocycles. The lowest BCUT2D eigenvalue weighted by molar-refractivity contribution is 0.415. The largest absolute Gasteiger partial charge is 0.497 e. The van der Waals surface area contributed by atoms with Crippen molar-refractivity contribution >= 4 is 16.8 Å². The minimum Gasteiger partial charge on any atom is -0.497 e. The van der Waals surface area contributed by atoms with Crippen LogP contribution in [0.5, 0.6) is 5.75 Å². The lowest BCUT2D eigenvalue weighted by Gasteiger charge is -2.00. The van der Waals surface area contributed by atoms with Crippen LogP contribution < -0.4 is 4.74 Å². The van der Waals surface area contributed by atoms with Gasteiger partial charge in [0.25, 0.3) is 0 Å². The van der Waals surface area contributed by atoms with Crippen LogP contribution in [0.3, 0.4) is 0 Å². The number of rotatable bonds is 3. The normalized spacial score (nSPS) is 11.5. The van der Waals surface area contributed by atoms with E-state index < -0.39 is 0 Å². The zero-order chi connectivity index (χ0) is 9.68. The van der Waals surface area contributed by atoms with E-state index in [0.717, 1.165) is 11.3 Å². The number of hydrogen-bond donors (Lipinski definition) is 0. The van der Waals surface area contributed by atoms with E-state index in [1.165, 1.54) is 0 Å². The van der Waals surface area contributed by atoms with Gasteiger partial charge in [0.2, 0.25) is 0 Å². The zero-order valence-corrected chi connectivity index (χ0v) is 8.51. The highest BCUT2D eigenvalue weighted by atomic mass is 35.5. The number of hydrogen-bond acceptors (Lipinski definition) is 2. The van der Waals surface area contributed by atoms with Gasteiger partial charge in [-0.25, -0.2) is 0 Å². The van der Waals surface area contributed by atoms with E-state index in [2.05, 4.69) is 4.99 Å². The van der Waals surface area contributed by atoms with Gasteiger partial charge < -0.3 is 4.74 Å². The van der Waals surface area contributed by atoms with E-state index in [4.69, 9.17) is 16.3 Å². The minimum atomic E-state index is 0.546. The quantitative estimate of drug-likeness (QED) is 0.683. The Morgan fingerprint density at radius 2 is 2.00 bits per heavy atom. The third kappa shape index (κ3) is 2.74. The van der Waals surface area contributed by atoms with Crippen LogP contribution in [0.4, 0.5) is 0 Å². The summed E-state index contributed by atoms with van der Waals surface area (Å²) < 4.78 is 5.03. The maximum Gasteiger partial charge on any atom is 0.130 e. The molecule has 1 aromatic rings. The first-order valence-electron chi connectivity index (χ1n) is 4.12. The van der Waals surface area contributed by atoms with E-state index in [1.807, 2.05) is 31.2 Å². The molecule has 0 saturated carbocycles. The third-order valence-corrected chi connectivity index (χ3v) is 1.96. The van der Waals surface area contributed by atoms with Gasteiger partial charge in [0.1, 0.15) is 10.9 Å². The predicted molar refractivity (Wildman–Crippen MR) is 55.9 cm³/mol. The summed E-state index contributed by atoms with van der Waals surface area (Å²) in [7, 11) is 1.64.